The number of hydrogen-bond acceptors (Lipinski definition) is 6. The van der Waals surface area contributed by atoms with Crippen molar-refractivity contribution < 1.29 is 18.7 Å². The molecule has 0 heterocycles. The molecule has 0 saturated heterocycles. The van der Waals surface area contributed by atoms with E-state index in [1.807, 2.05) is 60.7 Å². The summed E-state index contributed by atoms with van der Waals surface area (Å²) in [5, 5.41) is 25.1. The van der Waals surface area contributed by atoms with Crippen LogP contribution in [0.3, 0.4) is 0 Å². The Bertz CT molecular complexity index is 1310. The Kier molecular flexibility index (Phi) is 8.32. The normalized spacial score (nSPS) is 11.3. The van der Waals surface area contributed by atoms with Crippen molar-refractivity contribution >= 4 is 53.5 Å². The summed E-state index contributed by atoms with van der Waals surface area (Å²) in [6, 6.07) is 27.1. The van der Waals surface area contributed by atoms with Gasteiger partial charge in [-0.15, -0.1) is 0 Å². The van der Waals surface area contributed by atoms with Gasteiger partial charge in [0.1, 0.15) is 0 Å². The first-order chi connectivity index (χ1) is 17.8. The predicted molar refractivity (Wildman–Crippen MR) is 144 cm³/mol. The molecule has 4 aromatic rings. The SMILES string of the molecule is O=[N+]([O-])c1cccc(Cl)c1CO[Si](OCc1c(Cl)cccc1[N+](=O)[O-])(c1ccccc1)c1ccccc1. The van der Waals surface area contributed by atoms with Crippen LogP contribution in [-0.2, 0) is 22.1 Å². The van der Waals surface area contributed by atoms with Gasteiger partial charge in [-0.1, -0.05) is 96.0 Å². The second-order valence-electron chi connectivity index (χ2n) is 7.92. The van der Waals surface area contributed by atoms with Crippen LogP contribution in [0, 0.1) is 20.2 Å². The average Bonchev–Trinajstić information content (AvgIpc) is 2.91. The summed E-state index contributed by atoms with van der Waals surface area (Å²) in [7, 11) is -3.64. The molecule has 0 aliphatic heterocycles. The fourth-order valence-electron chi connectivity index (χ4n) is 3.93. The molecule has 0 bridgehead atoms. The number of halogens is 2. The van der Waals surface area contributed by atoms with Gasteiger partial charge in [-0.2, -0.15) is 0 Å². The molecule has 0 atom stereocenters. The van der Waals surface area contributed by atoms with Crippen molar-refractivity contribution in [3.05, 3.63) is 138 Å². The van der Waals surface area contributed by atoms with Gasteiger partial charge in [0.2, 0.25) is 0 Å². The lowest BCUT2D eigenvalue weighted by atomic mass is 10.2. The van der Waals surface area contributed by atoms with E-state index < -0.39 is 18.4 Å². The van der Waals surface area contributed by atoms with Crippen molar-refractivity contribution in [3.8, 4) is 0 Å². The summed E-state index contributed by atoms with van der Waals surface area (Å²) in [5.41, 5.74) is 0.0342. The van der Waals surface area contributed by atoms with Gasteiger partial charge in [-0.05, 0) is 22.5 Å². The second kappa shape index (κ2) is 11.6. The van der Waals surface area contributed by atoms with Crippen LogP contribution in [-0.4, -0.2) is 18.4 Å². The molecular weight excluding hydrogens is 535 g/mol. The maximum atomic E-state index is 11.7. The average molecular weight is 555 g/mol. The summed E-state index contributed by atoms with van der Waals surface area (Å²) in [4.78, 5) is 22.3. The molecule has 0 aliphatic carbocycles. The van der Waals surface area contributed by atoms with E-state index in [9.17, 15) is 20.2 Å². The maximum Gasteiger partial charge on any atom is 0.407 e. The van der Waals surface area contributed by atoms with Crippen LogP contribution in [0.15, 0.2) is 97.1 Å². The Hall–Kier alpha value is -3.60. The Morgan fingerprint density at radius 3 is 1.32 bits per heavy atom. The quantitative estimate of drug-likeness (QED) is 0.139. The van der Waals surface area contributed by atoms with Gasteiger partial charge in [-0.25, -0.2) is 0 Å². The highest BCUT2D eigenvalue weighted by atomic mass is 35.5. The Balaban J connectivity index is 1.84. The van der Waals surface area contributed by atoms with Crippen LogP contribution >= 0.6 is 23.2 Å². The van der Waals surface area contributed by atoms with Gasteiger partial charge in [0.05, 0.1) is 44.2 Å². The maximum absolute atomic E-state index is 11.7. The highest BCUT2D eigenvalue weighted by Crippen LogP contribution is 2.30. The van der Waals surface area contributed by atoms with E-state index in [1.165, 1.54) is 24.3 Å². The zero-order valence-corrected chi connectivity index (χ0v) is 21.8. The predicted octanol–water partition coefficient (Wildman–Crippen LogP) is 5.80. The minimum atomic E-state index is -3.64. The Morgan fingerprint density at radius 2 is 0.973 bits per heavy atom. The minimum Gasteiger partial charge on any atom is -0.383 e. The molecule has 8 nitrogen and oxygen atoms in total. The number of nitro benzene ring substituents is 2. The lowest BCUT2D eigenvalue weighted by Gasteiger charge is -2.32. The third-order valence-electron chi connectivity index (χ3n) is 5.73. The third kappa shape index (κ3) is 5.71. The molecule has 11 heteroatoms. The highest BCUT2D eigenvalue weighted by molar-refractivity contribution is 6.92. The van der Waals surface area contributed by atoms with Crippen LogP contribution in [0.5, 0.6) is 0 Å². The van der Waals surface area contributed by atoms with Crippen LogP contribution in [0.4, 0.5) is 11.4 Å². The zero-order valence-electron chi connectivity index (χ0n) is 19.3. The van der Waals surface area contributed by atoms with Crippen molar-refractivity contribution in [2.24, 2.45) is 0 Å². The fraction of sp³-hybridized carbons (Fsp3) is 0.0769. The van der Waals surface area contributed by atoms with E-state index >= 15 is 0 Å². The molecule has 0 aromatic heterocycles. The van der Waals surface area contributed by atoms with Crippen molar-refractivity contribution in [3.63, 3.8) is 0 Å². The zero-order chi connectivity index (χ0) is 26.4. The van der Waals surface area contributed by atoms with Crippen LogP contribution < -0.4 is 10.4 Å². The first-order valence-electron chi connectivity index (χ1n) is 11.1. The number of nitro groups is 2. The number of benzene rings is 4. The fourth-order valence-corrected chi connectivity index (χ4v) is 7.42. The topological polar surface area (TPSA) is 105 Å². The molecule has 0 N–H and O–H groups in total. The van der Waals surface area contributed by atoms with Crippen LogP contribution in [0.1, 0.15) is 11.1 Å². The Labute approximate surface area is 223 Å². The molecule has 0 spiro atoms. The first-order valence-corrected chi connectivity index (χ1v) is 13.6. The second-order valence-corrected chi connectivity index (χ2v) is 11.7. The molecular formula is C26H20Cl2N2O6Si. The van der Waals surface area contributed by atoms with Gasteiger partial charge in [0.15, 0.2) is 0 Å². The van der Waals surface area contributed by atoms with Gasteiger partial charge < -0.3 is 8.85 Å². The standard InChI is InChI=1S/C26H20Cl2N2O6Si/c27-23-13-7-15-25(29(31)32)21(23)17-35-37(19-9-3-1-4-10-19,20-11-5-2-6-12-20)36-18-22-24(28)14-8-16-26(22)30(33)34/h1-16H,17-18H2. The number of rotatable bonds is 10. The summed E-state index contributed by atoms with van der Waals surface area (Å²) in [5.74, 6) is 0. The number of hydrogen-bond donors (Lipinski definition) is 0. The molecule has 188 valence electrons. The van der Waals surface area contributed by atoms with E-state index in [1.54, 1.807) is 12.1 Å². The van der Waals surface area contributed by atoms with Crippen molar-refractivity contribution in [1.29, 1.82) is 0 Å². The molecule has 0 fully saturated rings. The summed E-state index contributed by atoms with van der Waals surface area (Å²) in [6.07, 6.45) is 0. The van der Waals surface area contributed by atoms with E-state index in [-0.39, 0.29) is 45.8 Å². The highest BCUT2D eigenvalue weighted by Gasteiger charge is 2.44. The van der Waals surface area contributed by atoms with Crippen molar-refractivity contribution in [1.82, 2.24) is 0 Å². The molecule has 0 amide bonds. The smallest absolute Gasteiger partial charge is 0.383 e. The van der Waals surface area contributed by atoms with E-state index in [4.69, 9.17) is 32.1 Å². The van der Waals surface area contributed by atoms with E-state index in [2.05, 4.69) is 0 Å². The molecule has 0 unspecified atom stereocenters. The molecule has 0 saturated carbocycles. The molecule has 37 heavy (non-hydrogen) atoms. The minimum absolute atomic E-state index is 0.181. The van der Waals surface area contributed by atoms with Gasteiger partial charge in [0, 0.05) is 12.1 Å². The third-order valence-corrected chi connectivity index (χ3v) is 9.73. The van der Waals surface area contributed by atoms with Crippen molar-refractivity contribution in [2.45, 2.75) is 13.2 Å². The molecule has 4 aromatic carbocycles. The lowest BCUT2D eigenvalue weighted by molar-refractivity contribution is -0.385. The largest absolute Gasteiger partial charge is 0.407 e. The van der Waals surface area contributed by atoms with E-state index in [0.717, 1.165) is 0 Å². The summed E-state index contributed by atoms with van der Waals surface area (Å²) >= 11 is 12.7. The number of nitrogens with zero attached hydrogens (tertiary/aromatic N) is 2. The Morgan fingerprint density at radius 1 is 0.595 bits per heavy atom. The molecule has 0 radical (unpaired) electrons. The van der Waals surface area contributed by atoms with Crippen LogP contribution in [0.2, 0.25) is 10.0 Å². The monoisotopic (exact) mass is 554 g/mol. The van der Waals surface area contributed by atoms with Gasteiger partial charge in [0.25, 0.3) is 11.4 Å². The summed E-state index contributed by atoms with van der Waals surface area (Å²) in [6.45, 7) is -0.451. The van der Waals surface area contributed by atoms with Gasteiger partial charge >= 0.3 is 8.56 Å². The van der Waals surface area contributed by atoms with E-state index in [0.29, 0.717) is 10.4 Å². The van der Waals surface area contributed by atoms with Crippen LogP contribution in [0.25, 0.3) is 0 Å². The molecule has 0 aliphatic rings. The molecule has 4 rings (SSSR count). The first kappa shape index (κ1) is 26.5. The van der Waals surface area contributed by atoms with Crippen molar-refractivity contribution in [2.75, 3.05) is 0 Å². The summed E-state index contributed by atoms with van der Waals surface area (Å²) < 4.78 is 13.1. The lowest BCUT2D eigenvalue weighted by Crippen LogP contribution is -2.63. The van der Waals surface area contributed by atoms with Gasteiger partial charge in [-0.3, -0.25) is 20.2 Å².